The summed E-state index contributed by atoms with van der Waals surface area (Å²) in [6, 6.07) is 5.76. The molecule has 1 aromatic rings. The Balaban J connectivity index is 1.88. The van der Waals surface area contributed by atoms with Crippen LogP contribution in [-0.4, -0.2) is 38.1 Å². The maximum absolute atomic E-state index is 12.4. The highest BCUT2D eigenvalue weighted by Crippen LogP contribution is 2.33. The van der Waals surface area contributed by atoms with Gasteiger partial charge in [-0.15, -0.1) is 0 Å². The number of hydrogen-bond acceptors (Lipinski definition) is 4. The van der Waals surface area contributed by atoms with Crippen molar-refractivity contribution < 1.29 is 9.53 Å². The van der Waals surface area contributed by atoms with Crippen LogP contribution < -0.4 is 15.0 Å². The van der Waals surface area contributed by atoms with Crippen LogP contribution >= 0.6 is 0 Å². The Bertz CT molecular complexity index is 495. The number of carbonyl (C=O) groups is 1. The molecule has 1 saturated heterocycles. The number of nitrogens with one attached hydrogen (secondary N) is 1. The van der Waals surface area contributed by atoms with E-state index < -0.39 is 0 Å². The van der Waals surface area contributed by atoms with E-state index in [4.69, 9.17) is 4.74 Å². The molecule has 0 spiro atoms. The number of rotatable bonds is 2. The van der Waals surface area contributed by atoms with E-state index in [1.807, 2.05) is 25.2 Å². The van der Waals surface area contributed by atoms with Crippen molar-refractivity contribution in [3.05, 3.63) is 23.8 Å². The van der Waals surface area contributed by atoms with Gasteiger partial charge in [0.2, 0.25) is 0 Å². The maximum Gasteiger partial charge on any atom is 0.179 e. The number of benzene rings is 1. The normalized spacial score (nSPS) is 25.9. The van der Waals surface area contributed by atoms with Crippen molar-refractivity contribution in [2.45, 2.75) is 31.9 Å². The van der Waals surface area contributed by atoms with Gasteiger partial charge in [0.1, 0.15) is 11.9 Å². The summed E-state index contributed by atoms with van der Waals surface area (Å²) in [5.41, 5.74) is 1.80. The van der Waals surface area contributed by atoms with Gasteiger partial charge >= 0.3 is 0 Å². The van der Waals surface area contributed by atoms with Crippen LogP contribution in [0.5, 0.6) is 5.75 Å². The van der Waals surface area contributed by atoms with Gasteiger partial charge < -0.3 is 15.0 Å². The molecule has 1 aromatic carbocycles. The monoisotopic (exact) mass is 260 g/mol. The van der Waals surface area contributed by atoms with E-state index in [1.165, 1.54) is 0 Å². The molecule has 2 unspecified atom stereocenters. The van der Waals surface area contributed by atoms with Gasteiger partial charge in [0.25, 0.3) is 0 Å². The Labute approximate surface area is 113 Å². The van der Waals surface area contributed by atoms with Crippen LogP contribution in [0.1, 0.15) is 30.1 Å². The van der Waals surface area contributed by atoms with E-state index in [0.717, 1.165) is 42.9 Å². The number of fused-ring (bicyclic) bond motifs is 1. The van der Waals surface area contributed by atoms with E-state index in [1.54, 1.807) is 0 Å². The number of ketones is 1. The molecule has 0 amide bonds. The van der Waals surface area contributed by atoms with Gasteiger partial charge in [-0.2, -0.15) is 0 Å². The molecule has 0 aromatic heterocycles. The minimum Gasteiger partial charge on any atom is -0.487 e. The molecule has 4 heteroatoms. The molecule has 1 fully saturated rings. The van der Waals surface area contributed by atoms with Crippen LogP contribution in [0, 0.1) is 0 Å². The molecule has 0 radical (unpaired) electrons. The third-order valence-corrected chi connectivity index (χ3v) is 3.89. The first kappa shape index (κ1) is 12.5. The van der Waals surface area contributed by atoms with Crippen molar-refractivity contribution >= 4 is 11.5 Å². The first-order chi connectivity index (χ1) is 9.15. The van der Waals surface area contributed by atoms with Crippen molar-refractivity contribution in [2.24, 2.45) is 0 Å². The molecule has 19 heavy (non-hydrogen) atoms. The fourth-order valence-electron chi connectivity index (χ4n) is 2.92. The number of anilines is 1. The van der Waals surface area contributed by atoms with E-state index in [2.05, 4.69) is 17.1 Å². The van der Waals surface area contributed by atoms with Crippen LogP contribution in [0.4, 0.5) is 5.69 Å². The minimum atomic E-state index is -0.00760. The topological polar surface area (TPSA) is 41.6 Å². The molecule has 102 valence electrons. The van der Waals surface area contributed by atoms with E-state index >= 15 is 0 Å². The van der Waals surface area contributed by atoms with Gasteiger partial charge in [-0.25, -0.2) is 0 Å². The molecule has 4 nitrogen and oxygen atoms in total. The largest absolute Gasteiger partial charge is 0.487 e. The molecule has 2 aliphatic heterocycles. The quantitative estimate of drug-likeness (QED) is 0.824. The standard InChI is InChI=1S/C15H20N2O2/c1-10-9-17(2)13-8-11(5-6-14(13)19-10)15(18)12-4-3-7-16-12/h5-6,8,10,12,16H,3-4,7,9H2,1-2H3. The summed E-state index contributed by atoms with van der Waals surface area (Å²) in [7, 11) is 2.04. The summed E-state index contributed by atoms with van der Waals surface area (Å²) in [5, 5.41) is 3.26. The fourth-order valence-corrected chi connectivity index (χ4v) is 2.92. The lowest BCUT2D eigenvalue weighted by Crippen LogP contribution is -2.36. The number of carbonyl (C=O) groups excluding carboxylic acids is 1. The second-order valence-corrected chi connectivity index (χ2v) is 5.50. The third kappa shape index (κ3) is 2.32. The SMILES string of the molecule is CC1CN(C)c2cc(C(=O)C3CCCN3)ccc2O1. The molecule has 0 bridgehead atoms. The van der Waals surface area contributed by atoms with Crippen molar-refractivity contribution in [3.8, 4) is 5.75 Å². The van der Waals surface area contributed by atoms with Crippen molar-refractivity contribution in [2.75, 3.05) is 25.0 Å². The molecule has 0 aliphatic carbocycles. The average Bonchev–Trinajstić information content (AvgIpc) is 2.91. The Morgan fingerprint density at radius 3 is 3.05 bits per heavy atom. The zero-order valence-electron chi connectivity index (χ0n) is 11.5. The fraction of sp³-hybridized carbons (Fsp3) is 0.533. The second-order valence-electron chi connectivity index (χ2n) is 5.50. The highest BCUT2D eigenvalue weighted by Gasteiger charge is 2.26. The Hall–Kier alpha value is -1.55. The zero-order chi connectivity index (χ0) is 13.4. The Kier molecular flexibility index (Phi) is 3.19. The predicted molar refractivity (Wildman–Crippen MR) is 75.2 cm³/mol. The first-order valence-corrected chi connectivity index (χ1v) is 6.94. The van der Waals surface area contributed by atoms with Gasteiger partial charge in [0.15, 0.2) is 5.78 Å². The van der Waals surface area contributed by atoms with Crippen molar-refractivity contribution in [1.82, 2.24) is 5.32 Å². The zero-order valence-corrected chi connectivity index (χ0v) is 11.5. The summed E-state index contributed by atoms with van der Waals surface area (Å²) in [4.78, 5) is 14.5. The molecule has 1 N–H and O–H groups in total. The highest BCUT2D eigenvalue weighted by atomic mass is 16.5. The summed E-state index contributed by atoms with van der Waals surface area (Å²) in [5.74, 6) is 1.07. The van der Waals surface area contributed by atoms with Crippen LogP contribution in [0.25, 0.3) is 0 Å². The number of likely N-dealkylation sites (N-methyl/N-ethyl adjacent to an activating group) is 1. The Morgan fingerprint density at radius 2 is 2.32 bits per heavy atom. The van der Waals surface area contributed by atoms with Crippen LogP contribution in [0.2, 0.25) is 0 Å². The maximum atomic E-state index is 12.4. The minimum absolute atomic E-state index is 0.00760. The number of Topliss-reactive ketones (excluding diaryl/α,β-unsaturated/α-hetero) is 1. The van der Waals surface area contributed by atoms with Crippen LogP contribution in [-0.2, 0) is 0 Å². The second kappa shape index (κ2) is 4.85. The molecular weight excluding hydrogens is 240 g/mol. The smallest absolute Gasteiger partial charge is 0.179 e. The van der Waals surface area contributed by atoms with Crippen molar-refractivity contribution in [3.63, 3.8) is 0 Å². The highest BCUT2D eigenvalue weighted by molar-refractivity contribution is 6.01. The predicted octanol–water partition coefficient (Wildman–Crippen LogP) is 1.84. The van der Waals surface area contributed by atoms with E-state index in [0.29, 0.717) is 0 Å². The summed E-state index contributed by atoms with van der Waals surface area (Å²) in [6.45, 7) is 3.86. The first-order valence-electron chi connectivity index (χ1n) is 6.94. The summed E-state index contributed by atoms with van der Waals surface area (Å²) < 4.78 is 5.79. The molecule has 3 rings (SSSR count). The lowest BCUT2D eigenvalue weighted by molar-refractivity contribution is 0.0952. The number of hydrogen-bond donors (Lipinski definition) is 1. The van der Waals surface area contributed by atoms with Gasteiger partial charge in [0.05, 0.1) is 18.3 Å². The lowest BCUT2D eigenvalue weighted by atomic mass is 10.0. The van der Waals surface area contributed by atoms with Gasteiger partial charge in [-0.05, 0) is 44.5 Å². The van der Waals surface area contributed by atoms with Crippen LogP contribution in [0.15, 0.2) is 18.2 Å². The third-order valence-electron chi connectivity index (χ3n) is 3.89. The molecule has 2 atom stereocenters. The van der Waals surface area contributed by atoms with Gasteiger partial charge in [0, 0.05) is 12.6 Å². The van der Waals surface area contributed by atoms with Crippen molar-refractivity contribution in [1.29, 1.82) is 0 Å². The number of nitrogens with zero attached hydrogens (tertiary/aromatic N) is 1. The Morgan fingerprint density at radius 1 is 1.47 bits per heavy atom. The lowest BCUT2D eigenvalue weighted by Gasteiger charge is -2.32. The summed E-state index contributed by atoms with van der Waals surface area (Å²) >= 11 is 0. The van der Waals surface area contributed by atoms with Gasteiger partial charge in [-0.3, -0.25) is 4.79 Å². The van der Waals surface area contributed by atoms with Gasteiger partial charge in [-0.1, -0.05) is 0 Å². The van der Waals surface area contributed by atoms with E-state index in [-0.39, 0.29) is 17.9 Å². The number of ether oxygens (including phenoxy) is 1. The molecular formula is C15H20N2O2. The molecule has 2 heterocycles. The van der Waals surface area contributed by atoms with Crippen LogP contribution in [0.3, 0.4) is 0 Å². The van der Waals surface area contributed by atoms with E-state index in [9.17, 15) is 4.79 Å². The average molecular weight is 260 g/mol. The summed E-state index contributed by atoms with van der Waals surface area (Å²) in [6.07, 6.45) is 2.22. The molecule has 0 saturated carbocycles. The molecule has 2 aliphatic rings.